The van der Waals surface area contributed by atoms with Crippen LogP contribution in [-0.4, -0.2) is 37.6 Å². The van der Waals surface area contributed by atoms with Crippen molar-refractivity contribution < 1.29 is 9.53 Å². The van der Waals surface area contributed by atoms with E-state index in [-0.39, 0.29) is 5.97 Å². The first-order chi connectivity index (χ1) is 9.08. The van der Waals surface area contributed by atoms with Gasteiger partial charge in [-0.25, -0.2) is 4.79 Å². The van der Waals surface area contributed by atoms with E-state index in [1.165, 1.54) is 20.0 Å². The molecule has 1 unspecified atom stereocenters. The maximum atomic E-state index is 12.1. The van der Waals surface area contributed by atoms with Crippen LogP contribution in [-0.2, 0) is 15.1 Å². The average molecular weight is 262 g/mol. The van der Waals surface area contributed by atoms with Gasteiger partial charge < -0.3 is 15.4 Å². The average Bonchev–Trinajstić information content (AvgIpc) is 3.29. The standard InChI is InChI=1S/C15H22N2O2/c1-17(13-8-9-13)11-10-15(16,14(18)19-2)12-6-4-3-5-7-12/h3-7,13H,8-11,16H2,1-2H3. The van der Waals surface area contributed by atoms with Gasteiger partial charge in [0.05, 0.1) is 7.11 Å². The minimum absolute atomic E-state index is 0.372. The van der Waals surface area contributed by atoms with Crippen LogP contribution in [0, 0.1) is 0 Å². The molecule has 4 heteroatoms. The van der Waals surface area contributed by atoms with Crippen LogP contribution in [0.3, 0.4) is 0 Å². The van der Waals surface area contributed by atoms with Gasteiger partial charge in [0.25, 0.3) is 0 Å². The molecule has 1 aliphatic carbocycles. The lowest BCUT2D eigenvalue weighted by molar-refractivity contribution is -0.148. The number of methoxy groups -OCH3 is 1. The highest BCUT2D eigenvalue weighted by atomic mass is 16.5. The van der Waals surface area contributed by atoms with Crippen molar-refractivity contribution in [1.29, 1.82) is 0 Å². The van der Waals surface area contributed by atoms with Gasteiger partial charge in [-0.3, -0.25) is 0 Å². The molecule has 0 saturated heterocycles. The van der Waals surface area contributed by atoms with Crippen LogP contribution < -0.4 is 5.73 Å². The highest BCUT2D eigenvalue weighted by molar-refractivity contribution is 5.82. The number of rotatable bonds is 6. The number of ether oxygens (including phenoxy) is 1. The molecule has 2 N–H and O–H groups in total. The molecule has 1 atom stereocenters. The summed E-state index contributed by atoms with van der Waals surface area (Å²) in [6.45, 7) is 0.797. The molecule has 0 radical (unpaired) electrons. The Hall–Kier alpha value is -1.39. The van der Waals surface area contributed by atoms with E-state index >= 15 is 0 Å². The van der Waals surface area contributed by atoms with Crippen molar-refractivity contribution in [2.45, 2.75) is 30.8 Å². The Morgan fingerprint density at radius 2 is 2.05 bits per heavy atom. The molecule has 2 rings (SSSR count). The van der Waals surface area contributed by atoms with Gasteiger partial charge in [0, 0.05) is 12.6 Å². The quantitative estimate of drug-likeness (QED) is 0.789. The Kier molecular flexibility index (Phi) is 4.22. The Morgan fingerprint density at radius 3 is 2.58 bits per heavy atom. The summed E-state index contributed by atoms with van der Waals surface area (Å²) >= 11 is 0. The molecule has 0 amide bonds. The van der Waals surface area contributed by atoms with E-state index in [2.05, 4.69) is 11.9 Å². The number of carbonyl (C=O) groups excluding carboxylic acids is 1. The number of carbonyl (C=O) groups is 1. The van der Waals surface area contributed by atoms with Crippen molar-refractivity contribution in [3.63, 3.8) is 0 Å². The summed E-state index contributed by atoms with van der Waals surface area (Å²) in [4.78, 5) is 14.3. The first kappa shape index (κ1) is 14.0. The van der Waals surface area contributed by atoms with E-state index in [9.17, 15) is 4.79 Å². The molecule has 104 valence electrons. The van der Waals surface area contributed by atoms with Crippen LogP contribution in [0.25, 0.3) is 0 Å². The second-order valence-corrected chi connectivity index (χ2v) is 5.29. The van der Waals surface area contributed by atoms with Crippen molar-refractivity contribution in [2.24, 2.45) is 5.73 Å². The maximum Gasteiger partial charge on any atom is 0.330 e. The van der Waals surface area contributed by atoms with Gasteiger partial charge in [-0.1, -0.05) is 30.3 Å². The molecular formula is C15H22N2O2. The molecule has 4 nitrogen and oxygen atoms in total. The fourth-order valence-corrected chi connectivity index (χ4v) is 2.33. The molecule has 1 saturated carbocycles. The molecular weight excluding hydrogens is 240 g/mol. The smallest absolute Gasteiger partial charge is 0.330 e. The molecule has 0 bridgehead atoms. The van der Waals surface area contributed by atoms with Gasteiger partial charge in [0.1, 0.15) is 5.54 Å². The number of nitrogens with zero attached hydrogens (tertiary/aromatic N) is 1. The largest absolute Gasteiger partial charge is 0.467 e. The normalized spacial score (nSPS) is 18.1. The van der Waals surface area contributed by atoms with Crippen LogP contribution in [0.2, 0.25) is 0 Å². The lowest BCUT2D eigenvalue weighted by Crippen LogP contribution is -2.48. The summed E-state index contributed by atoms with van der Waals surface area (Å²) in [6.07, 6.45) is 3.06. The molecule has 1 aromatic rings. The summed E-state index contributed by atoms with van der Waals surface area (Å²) in [7, 11) is 3.47. The predicted octanol–water partition coefficient (Wildman–Crippen LogP) is 1.50. The molecule has 0 aliphatic heterocycles. The van der Waals surface area contributed by atoms with Crippen LogP contribution in [0.5, 0.6) is 0 Å². The SMILES string of the molecule is COC(=O)C(N)(CCN(C)C1CC1)c1ccccc1. The maximum absolute atomic E-state index is 12.1. The van der Waals surface area contributed by atoms with Gasteiger partial charge in [0.15, 0.2) is 0 Å². The number of hydrogen-bond donors (Lipinski definition) is 1. The topological polar surface area (TPSA) is 55.6 Å². The number of benzene rings is 1. The zero-order valence-corrected chi connectivity index (χ0v) is 11.6. The monoisotopic (exact) mass is 262 g/mol. The minimum Gasteiger partial charge on any atom is -0.467 e. The van der Waals surface area contributed by atoms with E-state index in [1.807, 2.05) is 30.3 Å². The molecule has 1 aliphatic rings. The third-order valence-corrected chi connectivity index (χ3v) is 3.87. The first-order valence-corrected chi connectivity index (χ1v) is 6.71. The Labute approximate surface area is 114 Å². The van der Waals surface area contributed by atoms with Gasteiger partial charge in [-0.15, -0.1) is 0 Å². The summed E-state index contributed by atoms with van der Waals surface area (Å²) in [5.41, 5.74) is 6.10. The number of hydrogen-bond acceptors (Lipinski definition) is 4. The summed E-state index contributed by atoms with van der Waals surface area (Å²) < 4.78 is 4.90. The van der Waals surface area contributed by atoms with Crippen molar-refractivity contribution >= 4 is 5.97 Å². The van der Waals surface area contributed by atoms with Gasteiger partial charge in [-0.05, 0) is 31.9 Å². The Morgan fingerprint density at radius 1 is 1.42 bits per heavy atom. The Bertz CT molecular complexity index is 431. The summed E-state index contributed by atoms with van der Waals surface area (Å²) in [5.74, 6) is -0.372. The van der Waals surface area contributed by atoms with E-state index < -0.39 is 5.54 Å². The van der Waals surface area contributed by atoms with Crippen LogP contribution in [0.15, 0.2) is 30.3 Å². The van der Waals surface area contributed by atoms with E-state index in [4.69, 9.17) is 10.5 Å². The van der Waals surface area contributed by atoms with Crippen molar-refractivity contribution in [3.8, 4) is 0 Å². The van der Waals surface area contributed by atoms with Gasteiger partial charge in [-0.2, -0.15) is 0 Å². The van der Waals surface area contributed by atoms with E-state index in [0.29, 0.717) is 12.5 Å². The van der Waals surface area contributed by atoms with E-state index in [1.54, 1.807) is 0 Å². The fourth-order valence-electron chi connectivity index (χ4n) is 2.33. The fraction of sp³-hybridized carbons (Fsp3) is 0.533. The lowest BCUT2D eigenvalue weighted by atomic mass is 9.87. The molecule has 0 heterocycles. The van der Waals surface area contributed by atoms with Crippen LogP contribution >= 0.6 is 0 Å². The van der Waals surface area contributed by atoms with Crippen molar-refractivity contribution in [2.75, 3.05) is 20.7 Å². The first-order valence-electron chi connectivity index (χ1n) is 6.71. The van der Waals surface area contributed by atoms with Crippen LogP contribution in [0.4, 0.5) is 0 Å². The lowest BCUT2D eigenvalue weighted by Gasteiger charge is -2.29. The number of esters is 1. The molecule has 0 aromatic heterocycles. The van der Waals surface area contributed by atoms with Gasteiger partial charge in [0.2, 0.25) is 0 Å². The van der Waals surface area contributed by atoms with Crippen LogP contribution in [0.1, 0.15) is 24.8 Å². The van der Waals surface area contributed by atoms with Gasteiger partial charge >= 0.3 is 5.97 Å². The second kappa shape index (κ2) is 5.72. The highest BCUT2D eigenvalue weighted by Gasteiger charge is 2.38. The second-order valence-electron chi connectivity index (χ2n) is 5.29. The molecule has 19 heavy (non-hydrogen) atoms. The van der Waals surface area contributed by atoms with E-state index in [0.717, 1.165) is 12.1 Å². The number of nitrogens with two attached hydrogens (primary N) is 1. The van der Waals surface area contributed by atoms with Crippen molar-refractivity contribution in [1.82, 2.24) is 4.90 Å². The molecule has 1 aromatic carbocycles. The third-order valence-electron chi connectivity index (χ3n) is 3.87. The summed E-state index contributed by atoms with van der Waals surface area (Å²) in [5, 5.41) is 0. The molecule has 1 fully saturated rings. The zero-order chi connectivity index (χ0) is 13.9. The predicted molar refractivity (Wildman–Crippen MR) is 74.6 cm³/mol. The Balaban J connectivity index is 2.12. The zero-order valence-electron chi connectivity index (χ0n) is 11.6. The molecule has 0 spiro atoms. The third kappa shape index (κ3) is 3.14. The summed E-state index contributed by atoms with van der Waals surface area (Å²) in [6, 6.07) is 10.1. The van der Waals surface area contributed by atoms with Crippen molar-refractivity contribution in [3.05, 3.63) is 35.9 Å². The highest BCUT2D eigenvalue weighted by Crippen LogP contribution is 2.28. The minimum atomic E-state index is -1.06.